The lowest BCUT2D eigenvalue weighted by Crippen LogP contribution is -2.27. The summed E-state index contributed by atoms with van der Waals surface area (Å²) in [5.74, 6) is 0.135. The number of carbonyl (C=O) groups excluding carboxylic acids is 2. The van der Waals surface area contributed by atoms with Crippen LogP contribution in [-0.4, -0.2) is 47.6 Å². The summed E-state index contributed by atoms with van der Waals surface area (Å²) in [6.45, 7) is -0.254. The van der Waals surface area contributed by atoms with Crippen molar-refractivity contribution in [2.45, 2.75) is 12.8 Å². The maximum absolute atomic E-state index is 11.5. The van der Waals surface area contributed by atoms with E-state index in [1.54, 1.807) is 25.4 Å². The molecule has 0 N–H and O–H groups in total. The van der Waals surface area contributed by atoms with Gasteiger partial charge in [0.05, 0.1) is 6.42 Å². The number of aryl methyl sites for hydroxylation is 1. The van der Waals surface area contributed by atoms with Gasteiger partial charge in [-0.05, 0) is 11.4 Å². The molecule has 0 unspecified atom stereocenters. The normalized spacial score (nSPS) is 10.4. The highest BCUT2D eigenvalue weighted by molar-refractivity contribution is 7.08. The molecule has 21 heavy (non-hydrogen) atoms. The van der Waals surface area contributed by atoms with Crippen LogP contribution in [0, 0.1) is 0 Å². The molecule has 0 aliphatic heterocycles. The Balaban J connectivity index is 1.78. The van der Waals surface area contributed by atoms with Crippen molar-refractivity contribution in [3.8, 4) is 11.4 Å². The minimum Gasteiger partial charge on any atom is -0.456 e. The van der Waals surface area contributed by atoms with Crippen molar-refractivity contribution in [2.24, 2.45) is 0 Å². The second-order valence-electron chi connectivity index (χ2n) is 4.47. The Kier molecular flexibility index (Phi) is 5.04. The summed E-state index contributed by atoms with van der Waals surface area (Å²) in [5.41, 5.74) is 0.883. The summed E-state index contributed by atoms with van der Waals surface area (Å²) >= 11 is 1.54. The number of nitrogens with zero attached hydrogens (tertiary/aromatic N) is 3. The van der Waals surface area contributed by atoms with Gasteiger partial charge in [0.15, 0.2) is 6.61 Å². The van der Waals surface area contributed by atoms with E-state index in [4.69, 9.17) is 9.26 Å². The van der Waals surface area contributed by atoms with Gasteiger partial charge in [-0.1, -0.05) is 5.16 Å². The summed E-state index contributed by atoms with van der Waals surface area (Å²) in [6, 6.07) is 1.89. The van der Waals surface area contributed by atoms with E-state index in [1.807, 2.05) is 16.8 Å². The fourth-order valence-corrected chi connectivity index (χ4v) is 2.05. The molecule has 8 heteroatoms. The lowest BCUT2D eigenvalue weighted by molar-refractivity contribution is -0.151. The molecule has 0 fully saturated rings. The van der Waals surface area contributed by atoms with Gasteiger partial charge in [-0.15, -0.1) is 0 Å². The molecule has 112 valence electrons. The Bertz CT molecular complexity index is 607. The highest BCUT2D eigenvalue weighted by Gasteiger charge is 2.13. The number of esters is 1. The first-order chi connectivity index (χ1) is 10.1. The smallest absolute Gasteiger partial charge is 0.306 e. The third kappa shape index (κ3) is 4.38. The van der Waals surface area contributed by atoms with Crippen LogP contribution in [0.3, 0.4) is 0 Å². The maximum atomic E-state index is 11.5. The number of rotatable bonds is 6. The van der Waals surface area contributed by atoms with E-state index in [2.05, 4.69) is 10.1 Å². The van der Waals surface area contributed by atoms with E-state index in [0.29, 0.717) is 11.7 Å². The minimum absolute atomic E-state index is 0.0893. The average molecular weight is 309 g/mol. The number of likely N-dealkylation sites (N-methyl/N-ethyl adjacent to an activating group) is 1. The quantitative estimate of drug-likeness (QED) is 0.749. The molecule has 0 bridgehead atoms. The zero-order valence-electron chi connectivity index (χ0n) is 11.7. The van der Waals surface area contributed by atoms with Crippen molar-refractivity contribution >= 4 is 23.2 Å². The zero-order valence-corrected chi connectivity index (χ0v) is 12.6. The predicted octanol–water partition coefficient (Wildman–Crippen LogP) is 1.36. The highest BCUT2D eigenvalue weighted by Crippen LogP contribution is 2.18. The molecule has 0 spiro atoms. The number of carbonyl (C=O) groups is 2. The summed E-state index contributed by atoms with van der Waals surface area (Å²) < 4.78 is 9.91. The van der Waals surface area contributed by atoms with Crippen LogP contribution in [0.1, 0.15) is 12.3 Å². The molecule has 2 rings (SSSR count). The van der Waals surface area contributed by atoms with Gasteiger partial charge in [0.1, 0.15) is 0 Å². The van der Waals surface area contributed by atoms with Crippen molar-refractivity contribution in [2.75, 3.05) is 20.7 Å². The summed E-state index contributed by atoms with van der Waals surface area (Å²) in [4.78, 5) is 28.3. The Morgan fingerprint density at radius 3 is 2.90 bits per heavy atom. The summed E-state index contributed by atoms with van der Waals surface area (Å²) in [7, 11) is 3.20. The fourth-order valence-electron chi connectivity index (χ4n) is 1.42. The van der Waals surface area contributed by atoms with E-state index in [1.165, 1.54) is 4.90 Å². The van der Waals surface area contributed by atoms with Gasteiger partial charge in [-0.3, -0.25) is 9.59 Å². The molecule has 0 atom stereocenters. The van der Waals surface area contributed by atoms with Crippen LogP contribution in [0.2, 0.25) is 0 Å². The van der Waals surface area contributed by atoms with E-state index in [0.717, 1.165) is 5.56 Å². The molecular weight excluding hydrogens is 294 g/mol. The molecule has 0 aliphatic rings. The lowest BCUT2D eigenvalue weighted by atomic mass is 10.3. The van der Waals surface area contributed by atoms with E-state index < -0.39 is 5.97 Å². The Morgan fingerprint density at radius 2 is 2.24 bits per heavy atom. The van der Waals surface area contributed by atoms with Gasteiger partial charge in [0, 0.05) is 31.5 Å². The van der Waals surface area contributed by atoms with Gasteiger partial charge >= 0.3 is 5.97 Å². The Labute approximate surface area is 125 Å². The number of hydrogen-bond acceptors (Lipinski definition) is 7. The van der Waals surface area contributed by atoms with E-state index >= 15 is 0 Å². The predicted molar refractivity (Wildman–Crippen MR) is 75.6 cm³/mol. The molecular formula is C13H15N3O4S. The van der Waals surface area contributed by atoms with Gasteiger partial charge in [-0.2, -0.15) is 16.3 Å². The molecule has 0 saturated heterocycles. The number of amides is 1. The largest absolute Gasteiger partial charge is 0.456 e. The molecule has 0 aromatic carbocycles. The standard InChI is InChI=1S/C13H15N3O4S/c1-16(2)11(17)7-19-12(18)4-3-10-14-13(15-20-10)9-5-6-21-8-9/h5-6,8H,3-4,7H2,1-2H3. The van der Waals surface area contributed by atoms with Gasteiger partial charge < -0.3 is 14.2 Å². The molecule has 2 aromatic heterocycles. The molecule has 1 amide bonds. The van der Waals surface area contributed by atoms with Crippen LogP contribution in [-0.2, 0) is 20.7 Å². The SMILES string of the molecule is CN(C)C(=O)COC(=O)CCc1nc(-c2ccsc2)no1. The van der Waals surface area contributed by atoms with Crippen molar-refractivity contribution in [1.29, 1.82) is 0 Å². The highest BCUT2D eigenvalue weighted by atomic mass is 32.1. The van der Waals surface area contributed by atoms with E-state index in [9.17, 15) is 9.59 Å². The van der Waals surface area contributed by atoms with E-state index in [-0.39, 0.29) is 25.4 Å². The zero-order chi connectivity index (χ0) is 15.2. The number of thiophene rings is 1. The minimum atomic E-state index is -0.472. The number of ether oxygens (including phenoxy) is 1. The fraction of sp³-hybridized carbons (Fsp3) is 0.385. The first-order valence-corrected chi connectivity index (χ1v) is 7.21. The third-order valence-corrected chi connectivity index (χ3v) is 3.33. The van der Waals surface area contributed by atoms with Crippen molar-refractivity contribution in [1.82, 2.24) is 15.0 Å². The van der Waals surface area contributed by atoms with Crippen LogP contribution >= 0.6 is 11.3 Å². The Morgan fingerprint density at radius 1 is 1.43 bits per heavy atom. The summed E-state index contributed by atoms with van der Waals surface area (Å²) in [6.07, 6.45) is 0.373. The van der Waals surface area contributed by atoms with Crippen LogP contribution in [0.4, 0.5) is 0 Å². The molecule has 2 aromatic rings. The first kappa shape index (κ1) is 15.2. The second kappa shape index (κ2) is 6.98. The van der Waals surface area contributed by atoms with Crippen LogP contribution in [0.5, 0.6) is 0 Å². The average Bonchev–Trinajstić information content (AvgIpc) is 3.12. The maximum Gasteiger partial charge on any atom is 0.306 e. The lowest BCUT2D eigenvalue weighted by Gasteiger charge is -2.09. The number of hydrogen-bond donors (Lipinski definition) is 0. The Hall–Kier alpha value is -2.22. The van der Waals surface area contributed by atoms with Crippen LogP contribution in [0.25, 0.3) is 11.4 Å². The molecule has 0 saturated carbocycles. The number of aromatic nitrogens is 2. The van der Waals surface area contributed by atoms with Crippen LogP contribution in [0.15, 0.2) is 21.3 Å². The van der Waals surface area contributed by atoms with Gasteiger partial charge in [0.25, 0.3) is 5.91 Å². The van der Waals surface area contributed by atoms with Crippen LogP contribution < -0.4 is 0 Å². The monoisotopic (exact) mass is 309 g/mol. The topological polar surface area (TPSA) is 85.5 Å². The molecule has 7 nitrogen and oxygen atoms in total. The van der Waals surface area contributed by atoms with Crippen molar-refractivity contribution in [3.05, 3.63) is 22.7 Å². The van der Waals surface area contributed by atoms with Gasteiger partial charge in [-0.25, -0.2) is 0 Å². The van der Waals surface area contributed by atoms with Crippen molar-refractivity contribution in [3.63, 3.8) is 0 Å². The van der Waals surface area contributed by atoms with Crippen molar-refractivity contribution < 1.29 is 18.8 Å². The molecule has 2 heterocycles. The summed E-state index contributed by atoms with van der Waals surface area (Å²) in [5, 5.41) is 7.68. The first-order valence-electron chi connectivity index (χ1n) is 6.27. The molecule has 0 aliphatic carbocycles. The van der Waals surface area contributed by atoms with Gasteiger partial charge in [0.2, 0.25) is 11.7 Å². The third-order valence-electron chi connectivity index (χ3n) is 2.65. The molecule has 0 radical (unpaired) electrons. The second-order valence-corrected chi connectivity index (χ2v) is 5.25.